The van der Waals surface area contributed by atoms with E-state index in [2.05, 4.69) is 15.2 Å². The number of benzene rings is 1. The molecule has 0 saturated carbocycles. The number of aromatic nitrogens is 4. The van der Waals surface area contributed by atoms with Crippen molar-refractivity contribution in [2.45, 2.75) is 19.6 Å². The van der Waals surface area contributed by atoms with E-state index in [1.54, 1.807) is 6.07 Å². The molecule has 6 nitrogen and oxygen atoms in total. The maximum Gasteiger partial charge on any atom is 0.416 e. The lowest BCUT2D eigenvalue weighted by Crippen LogP contribution is -2.39. The highest BCUT2D eigenvalue weighted by atomic mass is 32.2. The number of aromatic amines is 1. The minimum Gasteiger partial charge on any atom is -0.352 e. The molecule has 4 rings (SSSR count). The summed E-state index contributed by atoms with van der Waals surface area (Å²) in [5, 5.41) is 9.01. The third-order valence-corrected chi connectivity index (χ3v) is 5.97. The molecule has 1 aliphatic rings. The van der Waals surface area contributed by atoms with Crippen LogP contribution in [-0.4, -0.2) is 48.6 Å². The molecule has 1 N–H and O–H groups in total. The van der Waals surface area contributed by atoms with Crippen molar-refractivity contribution >= 4 is 27.7 Å². The van der Waals surface area contributed by atoms with Crippen LogP contribution < -0.4 is 4.90 Å². The summed E-state index contributed by atoms with van der Waals surface area (Å²) in [6.45, 7) is 3.86. The van der Waals surface area contributed by atoms with Gasteiger partial charge < -0.3 is 9.88 Å². The van der Waals surface area contributed by atoms with Crippen molar-refractivity contribution in [3.05, 3.63) is 29.8 Å². The van der Waals surface area contributed by atoms with Crippen molar-refractivity contribution in [3.63, 3.8) is 0 Å². The van der Waals surface area contributed by atoms with Crippen molar-refractivity contribution in [1.82, 2.24) is 19.7 Å². The fourth-order valence-corrected chi connectivity index (χ4v) is 4.34. The first-order valence-electron chi connectivity index (χ1n) is 8.60. The number of nitrogens with zero attached hydrogens (tertiary/aromatic N) is 4. The summed E-state index contributed by atoms with van der Waals surface area (Å²) < 4.78 is 52.3. The van der Waals surface area contributed by atoms with Crippen LogP contribution >= 0.6 is 0 Å². The average molecular weight is 397 g/mol. The van der Waals surface area contributed by atoms with Gasteiger partial charge >= 0.3 is 6.18 Å². The fourth-order valence-electron chi connectivity index (χ4n) is 3.29. The van der Waals surface area contributed by atoms with Crippen LogP contribution in [0.5, 0.6) is 0 Å². The van der Waals surface area contributed by atoms with Gasteiger partial charge in [0, 0.05) is 52.8 Å². The van der Waals surface area contributed by atoms with Crippen molar-refractivity contribution in [2.24, 2.45) is 0 Å². The van der Waals surface area contributed by atoms with Crippen LogP contribution in [0.3, 0.4) is 0 Å². The lowest BCUT2D eigenvalue weighted by atomic mass is 10.1. The van der Waals surface area contributed by atoms with Gasteiger partial charge in [0.15, 0.2) is 5.82 Å². The van der Waals surface area contributed by atoms with Gasteiger partial charge in [0.25, 0.3) is 0 Å². The standard InChI is InChI=1S/C17H18F3N5OS/c1-2-25-15(22-23-16(25)24-5-7-27(26)8-6-24)14-10-11-9-12(17(18,19)20)3-4-13(11)21-14/h3-4,9-10,21H,2,5-8H2,1H3. The molecule has 1 fully saturated rings. The highest BCUT2D eigenvalue weighted by Gasteiger charge is 2.30. The molecule has 3 aromatic rings. The Hall–Kier alpha value is -2.36. The molecule has 144 valence electrons. The Kier molecular flexibility index (Phi) is 4.45. The molecule has 0 unspecified atom stereocenters. The topological polar surface area (TPSA) is 66.8 Å². The zero-order valence-corrected chi connectivity index (χ0v) is 15.4. The molecule has 27 heavy (non-hydrogen) atoms. The van der Waals surface area contributed by atoms with E-state index in [0.29, 0.717) is 59.5 Å². The maximum absolute atomic E-state index is 12.9. The van der Waals surface area contributed by atoms with Gasteiger partial charge in [-0.15, -0.1) is 10.2 Å². The van der Waals surface area contributed by atoms with Gasteiger partial charge in [-0.1, -0.05) is 0 Å². The SMILES string of the molecule is CCn1c(-c2cc3cc(C(F)(F)F)ccc3[nH]2)nnc1N1CCS(=O)CC1. The molecule has 3 heterocycles. The Morgan fingerprint density at radius 3 is 2.59 bits per heavy atom. The Balaban J connectivity index is 1.72. The van der Waals surface area contributed by atoms with Crippen molar-refractivity contribution < 1.29 is 17.4 Å². The number of rotatable bonds is 3. The van der Waals surface area contributed by atoms with Gasteiger partial charge in [-0.3, -0.25) is 8.78 Å². The highest BCUT2D eigenvalue weighted by Crippen LogP contribution is 2.33. The van der Waals surface area contributed by atoms with E-state index in [4.69, 9.17) is 0 Å². The molecular weight excluding hydrogens is 379 g/mol. The molecule has 1 saturated heterocycles. The van der Waals surface area contributed by atoms with Crippen LogP contribution in [0.25, 0.3) is 22.4 Å². The van der Waals surface area contributed by atoms with Gasteiger partial charge in [-0.25, -0.2) is 0 Å². The molecule has 0 radical (unpaired) electrons. The fraction of sp³-hybridized carbons (Fsp3) is 0.412. The second kappa shape index (κ2) is 6.66. The molecule has 0 aliphatic carbocycles. The largest absolute Gasteiger partial charge is 0.416 e. The van der Waals surface area contributed by atoms with Gasteiger partial charge in [0.1, 0.15) is 0 Å². The van der Waals surface area contributed by atoms with Crippen LogP contribution in [0, 0.1) is 0 Å². The van der Waals surface area contributed by atoms with Gasteiger partial charge in [-0.2, -0.15) is 13.2 Å². The van der Waals surface area contributed by atoms with Crippen LogP contribution in [0.1, 0.15) is 12.5 Å². The second-order valence-corrected chi connectivity index (χ2v) is 8.08. The van der Waals surface area contributed by atoms with E-state index in [0.717, 1.165) is 12.1 Å². The summed E-state index contributed by atoms with van der Waals surface area (Å²) >= 11 is 0. The Morgan fingerprint density at radius 2 is 1.93 bits per heavy atom. The molecule has 0 bridgehead atoms. The molecule has 2 aromatic heterocycles. The van der Waals surface area contributed by atoms with Crippen molar-refractivity contribution in [1.29, 1.82) is 0 Å². The molecule has 1 aliphatic heterocycles. The predicted octanol–water partition coefficient (Wildman–Crippen LogP) is 3.03. The Bertz CT molecular complexity index is 1000. The number of halogens is 3. The summed E-state index contributed by atoms with van der Waals surface area (Å²) in [5.74, 6) is 2.46. The summed E-state index contributed by atoms with van der Waals surface area (Å²) in [6, 6.07) is 5.28. The van der Waals surface area contributed by atoms with Crippen LogP contribution in [0.2, 0.25) is 0 Å². The van der Waals surface area contributed by atoms with E-state index in [9.17, 15) is 17.4 Å². The monoisotopic (exact) mass is 397 g/mol. The minimum absolute atomic E-state index is 0.473. The highest BCUT2D eigenvalue weighted by molar-refractivity contribution is 7.85. The number of nitrogens with one attached hydrogen (secondary N) is 1. The number of fused-ring (bicyclic) bond motifs is 1. The van der Waals surface area contributed by atoms with E-state index in [1.807, 2.05) is 16.4 Å². The summed E-state index contributed by atoms with van der Waals surface area (Å²) in [6.07, 6.45) is -4.38. The number of hydrogen-bond donors (Lipinski definition) is 1. The van der Waals surface area contributed by atoms with Crippen molar-refractivity contribution in [2.75, 3.05) is 29.5 Å². The number of anilines is 1. The average Bonchev–Trinajstić information content (AvgIpc) is 3.24. The molecule has 0 spiro atoms. The predicted molar refractivity (Wildman–Crippen MR) is 98.1 cm³/mol. The summed E-state index contributed by atoms with van der Waals surface area (Å²) in [7, 11) is -0.790. The number of H-pyrrole nitrogens is 1. The first kappa shape index (κ1) is 18.0. The first-order chi connectivity index (χ1) is 12.9. The zero-order chi connectivity index (χ0) is 19.2. The quantitative estimate of drug-likeness (QED) is 0.738. The van der Waals surface area contributed by atoms with Crippen LogP contribution in [-0.2, 0) is 23.5 Å². The van der Waals surface area contributed by atoms with E-state index in [1.165, 1.54) is 6.07 Å². The lowest BCUT2D eigenvalue weighted by molar-refractivity contribution is -0.137. The smallest absolute Gasteiger partial charge is 0.352 e. The Morgan fingerprint density at radius 1 is 1.19 bits per heavy atom. The Labute approximate surface area is 155 Å². The number of hydrogen-bond acceptors (Lipinski definition) is 4. The van der Waals surface area contributed by atoms with Gasteiger partial charge in [-0.05, 0) is 31.2 Å². The molecular formula is C17H18F3N5OS. The summed E-state index contributed by atoms with van der Waals surface area (Å²) in [5.41, 5.74) is 0.545. The molecule has 0 atom stereocenters. The maximum atomic E-state index is 12.9. The number of alkyl halides is 3. The molecule has 10 heteroatoms. The van der Waals surface area contributed by atoms with Gasteiger partial charge in [0.05, 0.1) is 11.3 Å². The normalized spacial score (nSPS) is 16.4. The third-order valence-electron chi connectivity index (χ3n) is 4.70. The van der Waals surface area contributed by atoms with Gasteiger partial charge in [0.2, 0.25) is 5.95 Å². The van der Waals surface area contributed by atoms with Crippen molar-refractivity contribution in [3.8, 4) is 11.5 Å². The first-order valence-corrected chi connectivity index (χ1v) is 10.1. The molecule has 1 aromatic carbocycles. The van der Waals surface area contributed by atoms with E-state index >= 15 is 0 Å². The zero-order valence-electron chi connectivity index (χ0n) is 14.6. The minimum atomic E-state index is -4.38. The van der Waals surface area contributed by atoms with E-state index in [-0.39, 0.29) is 0 Å². The lowest BCUT2D eigenvalue weighted by Gasteiger charge is -2.27. The molecule has 0 amide bonds. The summed E-state index contributed by atoms with van der Waals surface area (Å²) in [4.78, 5) is 5.18. The van der Waals surface area contributed by atoms with Crippen LogP contribution in [0.15, 0.2) is 24.3 Å². The van der Waals surface area contributed by atoms with Crippen LogP contribution in [0.4, 0.5) is 19.1 Å². The second-order valence-electron chi connectivity index (χ2n) is 6.39. The third kappa shape index (κ3) is 3.33. The van der Waals surface area contributed by atoms with E-state index < -0.39 is 22.5 Å².